The lowest BCUT2D eigenvalue weighted by Crippen LogP contribution is -2.15. The average molecular weight is 434 g/mol. The largest absolute Gasteiger partial charge is 0.354 e. The number of benzene rings is 3. The number of rotatable bonds is 7. The lowest BCUT2D eigenvalue weighted by atomic mass is 9.87. The van der Waals surface area contributed by atoms with Crippen molar-refractivity contribution >= 4 is 34.1 Å². The minimum absolute atomic E-state index is 0.137. The highest BCUT2D eigenvalue weighted by Gasteiger charge is 2.27. The highest BCUT2D eigenvalue weighted by Crippen LogP contribution is 2.39. The number of nitrogens with one attached hydrogen (secondary N) is 2. The van der Waals surface area contributed by atoms with Gasteiger partial charge in [0.25, 0.3) is 0 Å². The Morgan fingerprint density at radius 2 is 1.68 bits per heavy atom. The van der Waals surface area contributed by atoms with Crippen molar-refractivity contribution in [1.82, 2.24) is 4.98 Å². The summed E-state index contributed by atoms with van der Waals surface area (Å²) in [5.74, 6) is -0.917. The number of nitro groups is 1. The molecule has 0 radical (unpaired) electrons. The van der Waals surface area contributed by atoms with Gasteiger partial charge in [0.1, 0.15) is 5.88 Å². The molecule has 1 unspecified atom stereocenters. The molecule has 0 saturated carbocycles. The molecule has 0 aliphatic heterocycles. The Morgan fingerprint density at radius 1 is 1.00 bits per heavy atom. The fourth-order valence-electron chi connectivity index (χ4n) is 3.86. The van der Waals surface area contributed by atoms with Crippen molar-refractivity contribution < 1.29 is 9.72 Å². The molecule has 1 amide bonds. The van der Waals surface area contributed by atoms with Gasteiger partial charge < -0.3 is 10.3 Å². The van der Waals surface area contributed by atoms with E-state index in [1.54, 1.807) is 12.1 Å². The molecule has 156 valence electrons. The second-order valence-corrected chi connectivity index (χ2v) is 7.46. The summed E-state index contributed by atoms with van der Waals surface area (Å²) in [6.45, 7) is -0.255. The topological polar surface area (TPSA) is 88.0 Å². The Bertz CT molecular complexity index is 1220. The highest BCUT2D eigenvalue weighted by atomic mass is 35.5. The van der Waals surface area contributed by atoms with Crippen LogP contribution in [0.2, 0.25) is 0 Å². The third kappa shape index (κ3) is 4.44. The molecule has 31 heavy (non-hydrogen) atoms. The standard InChI is InChI=1S/C24H20ClN3O3/c25-14-22(29)26-18-12-10-16(11-13-18)20(15-28(30)31)23-19-8-4-5-9-21(19)27-24(23)17-6-2-1-3-7-17/h1-13,20,27H,14-15H2,(H,26,29). The number of amides is 1. The predicted octanol–water partition coefficient (Wildman–Crippen LogP) is 5.42. The lowest BCUT2D eigenvalue weighted by Gasteiger charge is -2.16. The van der Waals surface area contributed by atoms with Crippen LogP contribution in [0.25, 0.3) is 22.2 Å². The van der Waals surface area contributed by atoms with Crippen LogP contribution < -0.4 is 5.32 Å². The van der Waals surface area contributed by atoms with Gasteiger partial charge in [-0.25, -0.2) is 0 Å². The number of carbonyl (C=O) groups is 1. The number of halogens is 1. The fraction of sp³-hybridized carbons (Fsp3) is 0.125. The van der Waals surface area contributed by atoms with E-state index in [0.717, 1.165) is 33.3 Å². The van der Waals surface area contributed by atoms with Crippen LogP contribution in [0.5, 0.6) is 0 Å². The molecular weight excluding hydrogens is 414 g/mol. The molecule has 7 heteroatoms. The third-order valence-electron chi connectivity index (χ3n) is 5.21. The smallest absolute Gasteiger partial charge is 0.239 e. The van der Waals surface area contributed by atoms with Crippen LogP contribution in [0, 0.1) is 10.1 Å². The van der Waals surface area contributed by atoms with Crippen molar-refractivity contribution in [3.63, 3.8) is 0 Å². The summed E-state index contributed by atoms with van der Waals surface area (Å²) >= 11 is 5.55. The van der Waals surface area contributed by atoms with Gasteiger partial charge in [-0.3, -0.25) is 14.9 Å². The first-order valence-electron chi connectivity index (χ1n) is 9.80. The second kappa shape index (κ2) is 9.02. The lowest BCUT2D eigenvalue weighted by molar-refractivity contribution is -0.481. The molecule has 4 rings (SSSR count). The number of para-hydroxylation sites is 1. The number of hydrogen-bond acceptors (Lipinski definition) is 3. The van der Waals surface area contributed by atoms with Gasteiger partial charge in [-0.15, -0.1) is 11.6 Å². The van der Waals surface area contributed by atoms with E-state index in [9.17, 15) is 14.9 Å². The summed E-state index contributed by atoms with van der Waals surface area (Å²) in [5, 5.41) is 15.3. The summed E-state index contributed by atoms with van der Waals surface area (Å²) in [7, 11) is 0. The minimum atomic E-state index is -0.473. The molecule has 0 fully saturated rings. The first-order valence-corrected chi connectivity index (χ1v) is 10.3. The summed E-state index contributed by atoms with van der Waals surface area (Å²) in [6, 6.07) is 24.7. The summed E-state index contributed by atoms with van der Waals surface area (Å²) in [4.78, 5) is 26.3. The van der Waals surface area contributed by atoms with Crippen LogP contribution in [0.3, 0.4) is 0 Å². The zero-order chi connectivity index (χ0) is 21.8. The molecule has 2 N–H and O–H groups in total. The van der Waals surface area contributed by atoms with Gasteiger partial charge in [0.2, 0.25) is 12.5 Å². The molecule has 1 atom stereocenters. The van der Waals surface area contributed by atoms with E-state index in [2.05, 4.69) is 10.3 Å². The molecule has 0 aliphatic rings. The summed E-state index contributed by atoms with van der Waals surface area (Å²) in [5.41, 5.74) is 5.03. The number of carbonyl (C=O) groups excluding carboxylic acids is 1. The number of alkyl halides is 1. The first kappa shape index (κ1) is 20.6. The normalized spacial score (nSPS) is 11.9. The van der Waals surface area contributed by atoms with Crippen molar-refractivity contribution in [1.29, 1.82) is 0 Å². The second-order valence-electron chi connectivity index (χ2n) is 7.20. The number of hydrogen-bond donors (Lipinski definition) is 2. The van der Waals surface area contributed by atoms with E-state index in [4.69, 9.17) is 11.6 Å². The van der Waals surface area contributed by atoms with Crippen molar-refractivity contribution in [3.8, 4) is 11.3 Å². The van der Waals surface area contributed by atoms with Gasteiger partial charge in [0.15, 0.2) is 0 Å². The molecule has 3 aromatic carbocycles. The Morgan fingerprint density at radius 3 is 2.35 bits per heavy atom. The molecule has 1 aromatic heterocycles. The van der Waals surface area contributed by atoms with Crippen LogP contribution in [0.1, 0.15) is 17.0 Å². The van der Waals surface area contributed by atoms with Gasteiger partial charge in [0, 0.05) is 21.5 Å². The van der Waals surface area contributed by atoms with Crippen LogP contribution in [-0.2, 0) is 4.79 Å². The molecule has 6 nitrogen and oxygen atoms in total. The predicted molar refractivity (Wildman–Crippen MR) is 123 cm³/mol. The Hall–Kier alpha value is -3.64. The van der Waals surface area contributed by atoms with Crippen LogP contribution >= 0.6 is 11.6 Å². The van der Waals surface area contributed by atoms with Gasteiger partial charge in [0.05, 0.1) is 11.6 Å². The number of H-pyrrole nitrogens is 1. The number of fused-ring (bicyclic) bond motifs is 1. The van der Waals surface area contributed by atoms with Gasteiger partial charge in [-0.05, 0) is 34.9 Å². The Balaban J connectivity index is 1.85. The van der Waals surface area contributed by atoms with Crippen molar-refractivity contribution in [3.05, 3.63) is 100 Å². The molecule has 0 aliphatic carbocycles. The average Bonchev–Trinajstić information content (AvgIpc) is 3.18. The van der Waals surface area contributed by atoms with E-state index in [0.29, 0.717) is 5.69 Å². The monoisotopic (exact) mass is 433 g/mol. The van der Waals surface area contributed by atoms with E-state index in [1.807, 2.05) is 66.7 Å². The Labute approximate surface area is 184 Å². The maximum Gasteiger partial charge on any atom is 0.239 e. The van der Waals surface area contributed by atoms with E-state index in [-0.39, 0.29) is 23.3 Å². The maximum atomic E-state index is 11.6. The molecule has 1 heterocycles. The van der Waals surface area contributed by atoms with E-state index < -0.39 is 5.92 Å². The van der Waals surface area contributed by atoms with Gasteiger partial charge >= 0.3 is 0 Å². The SMILES string of the molecule is O=C(CCl)Nc1ccc(C(C[N+](=O)[O-])c2c(-c3ccccc3)[nH]c3ccccc23)cc1. The zero-order valence-electron chi connectivity index (χ0n) is 16.5. The third-order valence-corrected chi connectivity index (χ3v) is 5.45. The van der Waals surface area contributed by atoms with Gasteiger partial charge in [-0.2, -0.15) is 0 Å². The molecule has 0 bridgehead atoms. The number of nitrogens with zero attached hydrogens (tertiary/aromatic N) is 1. The van der Waals surface area contributed by atoms with Crippen LogP contribution in [0.4, 0.5) is 5.69 Å². The number of anilines is 1. The van der Waals surface area contributed by atoms with E-state index >= 15 is 0 Å². The van der Waals surface area contributed by atoms with Crippen molar-refractivity contribution in [2.45, 2.75) is 5.92 Å². The van der Waals surface area contributed by atoms with Crippen molar-refractivity contribution in [2.75, 3.05) is 17.7 Å². The summed E-state index contributed by atoms with van der Waals surface area (Å²) in [6.07, 6.45) is 0. The van der Waals surface area contributed by atoms with Crippen molar-refractivity contribution in [2.24, 2.45) is 0 Å². The molecule has 4 aromatic rings. The minimum Gasteiger partial charge on any atom is -0.354 e. The zero-order valence-corrected chi connectivity index (χ0v) is 17.3. The first-order chi connectivity index (χ1) is 15.1. The Kier molecular flexibility index (Phi) is 6.00. The summed E-state index contributed by atoms with van der Waals surface area (Å²) < 4.78 is 0. The number of aromatic amines is 1. The van der Waals surface area contributed by atoms with Crippen LogP contribution in [-0.4, -0.2) is 28.2 Å². The molecule has 0 spiro atoms. The maximum absolute atomic E-state index is 11.6. The van der Waals surface area contributed by atoms with Crippen LogP contribution in [0.15, 0.2) is 78.9 Å². The van der Waals surface area contributed by atoms with Gasteiger partial charge in [-0.1, -0.05) is 60.7 Å². The molecule has 0 saturated heterocycles. The fourth-order valence-corrected chi connectivity index (χ4v) is 3.93. The van der Waals surface area contributed by atoms with E-state index in [1.165, 1.54) is 0 Å². The molecular formula is C24H20ClN3O3. The quantitative estimate of drug-likeness (QED) is 0.231. The number of aromatic nitrogens is 1. The highest BCUT2D eigenvalue weighted by molar-refractivity contribution is 6.29.